The standard InChI is InChI=1S/C11H19N3S/c1-7(12)10-4-5-14(6-10)11-13-8(2)9(3)15-11/h7,10H,4-6,12H2,1-3H3. The van der Waals surface area contributed by atoms with Gasteiger partial charge in [-0.25, -0.2) is 4.98 Å². The molecule has 1 aromatic heterocycles. The molecule has 1 aliphatic heterocycles. The summed E-state index contributed by atoms with van der Waals surface area (Å²) in [6, 6.07) is 0.303. The van der Waals surface area contributed by atoms with Gasteiger partial charge in [0.2, 0.25) is 0 Å². The SMILES string of the molecule is Cc1nc(N2CCC(C(C)N)C2)sc1C. The van der Waals surface area contributed by atoms with E-state index in [0.29, 0.717) is 12.0 Å². The monoisotopic (exact) mass is 225 g/mol. The summed E-state index contributed by atoms with van der Waals surface area (Å²) in [6.45, 7) is 8.50. The van der Waals surface area contributed by atoms with Crippen molar-refractivity contribution in [2.45, 2.75) is 33.2 Å². The fourth-order valence-electron chi connectivity index (χ4n) is 1.98. The van der Waals surface area contributed by atoms with Gasteiger partial charge in [-0.2, -0.15) is 0 Å². The highest BCUT2D eigenvalue weighted by atomic mass is 32.1. The van der Waals surface area contributed by atoms with Crippen molar-refractivity contribution in [1.29, 1.82) is 0 Å². The van der Waals surface area contributed by atoms with Crippen LogP contribution in [0.3, 0.4) is 0 Å². The highest BCUT2D eigenvalue weighted by Crippen LogP contribution is 2.30. The Hall–Kier alpha value is -0.610. The van der Waals surface area contributed by atoms with Crippen LogP contribution in [0, 0.1) is 19.8 Å². The van der Waals surface area contributed by atoms with Crippen LogP contribution >= 0.6 is 11.3 Å². The summed E-state index contributed by atoms with van der Waals surface area (Å²) in [4.78, 5) is 8.29. The van der Waals surface area contributed by atoms with Crippen molar-refractivity contribution in [2.75, 3.05) is 18.0 Å². The molecule has 0 amide bonds. The molecule has 0 aromatic carbocycles. The molecule has 0 saturated carbocycles. The maximum atomic E-state index is 5.93. The molecule has 2 atom stereocenters. The normalized spacial score (nSPS) is 23.5. The van der Waals surface area contributed by atoms with Gasteiger partial charge in [0, 0.05) is 24.0 Å². The third kappa shape index (κ3) is 2.16. The molecule has 15 heavy (non-hydrogen) atoms. The Bertz CT molecular complexity index is 326. The van der Waals surface area contributed by atoms with Crippen LogP contribution < -0.4 is 10.6 Å². The Kier molecular flexibility index (Phi) is 2.98. The minimum atomic E-state index is 0.303. The van der Waals surface area contributed by atoms with Gasteiger partial charge in [0.1, 0.15) is 0 Å². The molecule has 3 nitrogen and oxygen atoms in total. The van der Waals surface area contributed by atoms with E-state index in [1.54, 1.807) is 11.3 Å². The first-order valence-electron chi connectivity index (χ1n) is 5.52. The molecule has 2 unspecified atom stereocenters. The summed E-state index contributed by atoms with van der Waals surface area (Å²) in [5, 5.41) is 1.17. The number of aryl methyl sites for hydroxylation is 2. The average Bonchev–Trinajstić information content (AvgIpc) is 2.74. The number of nitrogens with zero attached hydrogens (tertiary/aromatic N) is 2. The van der Waals surface area contributed by atoms with Crippen molar-refractivity contribution in [3.8, 4) is 0 Å². The van der Waals surface area contributed by atoms with Gasteiger partial charge in [-0.1, -0.05) is 0 Å². The van der Waals surface area contributed by atoms with Crippen LogP contribution in [-0.2, 0) is 0 Å². The molecule has 1 aromatic rings. The second-order valence-corrected chi connectivity index (χ2v) is 5.67. The van der Waals surface area contributed by atoms with Crippen molar-refractivity contribution in [1.82, 2.24) is 4.98 Å². The summed E-state index contributed by atoms with van der Waals surface area (Å²) in [7, 11) is 0. The third-order valence-corrected chi connectivity index (χ3v) is 4.39. The fourth-order valence-corrected chi connectivity index (χ4v) is 2.93. The molecule has 2 heterocycles. The molecule has 0 radical (unpaired) electrons. The lowest BCUT2D eigenvalue weighted by Crippen LogP contribution is -2.29. The molecule has 0 spiro atoms. The summed E-state index contributed by atoms with van der Waals surface area (Å²) in [6.07, 6.45) is 1.20. The third-order valence-electron chi connectivity index (χ3n) is 3.26. The van der Waals surface area contributed by atoms with E-state index < -0.39 is 0 Å². The number of thiazole rings is 1. The zero-order valence-electron chi connectivity index (χ0n) is 9.66. The number of rotatable bonds is 2. The molecule has 4 heteroatoms. The molecule has 1 aliphatic rings. The van der Waals surface area contributed by atoms with E-state index in [1.807, 2.05) is 0 Å². The summed E-state index contributed by atoms with van der Waals surface area (Å²) < 4.78 is 0. The summed E-state index contributed by atoms with van der Waals surface area (Å²) in [5.41, 5.74) is 7.10. The predicted octanol–water partition coefficient (Wildman–Crippen LogP) is 1.93. The Morgan fingerprint density at radius 2 is 2.27 bits per heavy atom. The van der Waals surface area contributed by atoms with E-state index in [2.05, 4.69) is 30.7 Å². The lowest BCUT2D eigenvalue weighted by Gasteiger charge is -2.16. The Labute approximate surface area is 95.3 Å². The maximum Gasteiger partial charge on any atom is 0.185 e. The number of aromatic nitrogens is 1. The molecular formula is C11H19N3S. The van der Waals surface area contributed by atoms with Crippen molar-refractivity contribution in [3.05, 3.63) is 10.6 Å². The molecular weight excluding hydrogens is 206 g/mol. The lowest BCUT2D eigenvalue weighted by atomic mass is 10.0. The van der Waals surface area contributed by atoms with Gasteiger partial charge in [0.15, 0.2) is 5.13 Å². The molecule has 1 fully saturated rings. The van der Waals surface area contributed by atoms with Gasteiger partial charge in [0.05, 0.1) is 5.69 Å². The number of hydrogen-bond acceptors (Lipinski definition) is 4. The molecule has 84 valence electrons. The first-order chi connectivity index (χ1) is 7.08. The van der Waals surface area contributed by atoms with E-state index in [0.717, 1.165) is 13.1 Å². The van der Waals surface area contributed by atoms with Crippen LogP contribution in [-0.4, -0.2) is 24.1 Å². The molecule has 0 aliphatic carbocycles. The highest BCUT2D eigenvalue weighted by molar-refractivity contribution is 7.15. The minimum absolute atomic E-state index is 0.303. The van der Waals surface area contributed by atoms with Gasteiger partial charge in [-0.3, -0.25) is 0 Å². The van der Waals surface area contributed by atoms with Crippen LogP contribution in [0.2, 0.25) is 0 Å². The molecule has 0 bridgehead atoms. The van der Waals surface area contributed by atoms with Crippen LogP contribution in [0.25, 0.3) is 0 Å². The van der Waals surface area contributed by atoms with Crippen molar-refractivity contribution < 1.29 is 0 Å². The second-order valence-electron chi connectivity index (χ2n) is 4.49. The van der Waals surface area contributed by atoms with E-state index in [-0.39, 0.29) is 0 Å². The van der Waals surface area contributed by atoms with Crippen molar-refractivity contribution in [2.24, 2.45) is 11.7 Å². The van der Waals surface area contributed by atoms with Gasteiger partial charge in [-0.15, -0.1) is 11.3 Å². The number of nitrogens with two attached hydrogens (primary N) is 1. The highest BCUT2D eigenvalue weighted by Gasteiger charge is 2.27. The molecule has 2 rings (SSSR count). The van der Waals surface area contributed by atoms with Crippen LogP contribution in [0.1, 0.15) is 23.9 Å². The Morgan fingerprint density at radius 3 is 2.73 bits per heavy atom. The predicted molar refractivity (Wildman–Crippen MR) is 65.6 cm³/mol. The van der Waals surface area contributed by atoms with Gasteiger partial charge >= 0.3 is 0 Å². The van der Waals surface area contributed by atoms with Crippen LogP contribution in [0.5, 0.6) is 0 Å². The first-order valence-corrected chi connectivity index (χ1v) is 6.34. The number of anilines is 1. The van der Waals surface area contributed by atoms with Crippen LogP contribution in [0.15, 0.2) is 0 Å². The second kappa shape index (κ2) is 4.10. The van der Waals surface area contributed by atoms with Gasteiger partial charge < -0.3 is 10.6 Å². The first kappa shape index (κ1) is 10.9. The van der Waals surface area contributed by atoms with Gasteiger partial charge in [-0.05, 0) is 33.1 Å². The van der Waals surface area contributed by atoms with E-state index in [9.17, 15) is 0 Å². The molecule has 2 N–H and O–H groups in total. The smallest absolute Gasteiger partial charge is 0.185 e. The van der Waals surface area contributed by atoms with E-state index in [4.69, 9.17) is 5.73 Å². The maximum absolute atomic E-state index is 5.93. The lowest BCUT2D eigenvalue weighted by molar-refractivity contribution is 0.488. The van der Waals surface area contributed by atoms with E-state index >= 15 is 0 Å². The summed E-state index contributed by atoms with van der Waals surface area (Å²) in [5.74, 6) is 0.634. The largest absolute Gasteiger partial charge is 0.348 e. The number of hydrogen-bond donors (Lipinski definition) is 1. The van der Waals surface area contributed by atoms with Gasteiger partial charge in [0.25, 0.3) is 0 Å². The Morgan fingerprint density at radius 1 is 1.53 bits per heavy atom. The average molecular weight is 225 g/mol. The van der Waals surface area contributed by atoms with E-state index in [1.165, 1.54) is 22.1 Å². The van der Waals surface area contributed by atoms with Crippen LogP contribution in [0.4, 0.5) is 5.13 Å². The minimum Gasteiger partial charge on any atom is -0.348 e. The topological polar surface area (TPSA) is 42.2 Å². The fraction of sp³-hybridized carbons (Fsp3) is 0.727. The summed E-state index contributed by atoms with van der Waals surface area (Å²) >= 11 is 1.80. The Balaban J connectivity index is 2.07. The van der Waals surface area contributed by atoms with Crippen molar-refractivity contribution >= 4 is 16.5 Å². The zero-order valence-corrected chi connectivity index (χ0v) is 10.5. The van der Waals surface area contributed by atoms with Crippen molar-refractivity contribution in [3.63, 3.8) is 0 Å². The zero-order chi connectivity index (χ0) is 11.0. The quantitative estimate of drug-likeness (QED) is 0.836. The molecule has 1 saturated heterocycles.